The summed E-state index contributed by atoms with van der Waals surface area (Å²) in [6.07, 6.45) is -6.60. The molecule has 1 aliphatic heterocycles. The van der Waals surface area contributed by atoms with Crippen LogP contribution in [0.1, 0.15) is 91.0 Å². The lowest BCUT2D eigenvalue weighted by Gasteiger charge is -2.67. The van der Waals surface area contributed by atoms with E-state index in [2.05, 4.69) is 5.32 Å². The minimum atomic E-state index is -2.02. The van der Waals surface area contributed by atoms with Crippen molar-refractivity contribution in [3.63, 3.8) is 0 Å². The Balaban J connectivity index is 1.39. The van der Waals surface area contributed by atoms with Crippen LogP contribution in [0.5, 0.6) is 0 Å². The van der Waals surface area contributed by atoms with Crippen LogP contribution >= 0.6 is 0 Å². The van der Waals surface area contributed by atoms with Crippen molar-refractivity contribution in [3.8, 4) is 0 Å². The molecule has 3 N–H and O–H groups in total. The topological polar surface area (TPSA) is 167 Å². The number of hydrogen-bond acceptors (Lipinski definition) is 12. The molecule has 3 aromatic carbocycles. The van der Waals surface area contributed by atoms with Gasteiger partial charge in [0.25, 0.3) is 0 Å². The highest BCUT2D eigenvalue weighted by atomic mass is 16.6. The van der Waals surface area contributed by atoms with E-state index >= 15 is 9.59 Å². The normalized spacial score (nSPS) is 32.2. The Morgan fingerprint density at radius 2 is 1.47 bits per heavy atom. The predicted octanol–water partition coefficient (Wildman–Crippen LogP) is 6.37. The number of aliphatic hydroxyl groups excluding tert-OH is 1. The third kappa shape index (κ3) is 7.82. The molecular weight excluding hydrogens is 791 g/mol. The number of ether oxygens (including phenoxy) is 5. The molecule has 0 unspecified atom stereocenters. The number of Topliss-reactive ketones (excluding diaryl/α,β-unsaturated/α-hetero) is 1. The minimum absolute atomic E-state index is 0.0282. The fourth-order valence-electron chi connectivity index (χ4n) is 11.0. The molecule has 0 radical (unpaired) electrons. The van der Waals surface area contributed by atoms with Crippen LogP contribution in [-0.2, 0) is 56.0 Å². The maximum atomic E-state index is 15.6. The predicted molar refractivity (Wildman–Crippen MR) is 229 cm³/mol. The van der Waals surface area contributed by atoms with Gasteiger partial charge in [0.15, 0.2) is 17.5 Å². The summed E-state index contributed by atoms with van der Waals surface area (Å²) >= 11 is 0. The van der Waals surface area contributed by atoms with Gasteiger partial charge >= 0.3 is 17.9 Å². The SMILES string of the molecule is CC(=O)O[C@H]1C(=O)[C@@]2(C)[C@H]([C@H](OCc3ccccc3)[C@]3(O)C[C@H](OC(=O)[C@H](C(C)C)[C@H](NCc4ccccc4)c4ccccc4)C(C)=C1C3(C)C)[C@]1(OC(C)=O)CO[C@@H]1C[C@@H]2O. The first-order valence-corrected chi connectivity index (χ1v) is 21.7. The number of benzene rings is 3. The van der Waals surface area contributed by atoms with Gasteiger partial charge in [0.05, 0.1) is 36.8 Å². The summed E-state index contributed by atoms with van der Waals surface area (Å²) < 4.78 is 31.8. The lowest BCUT2D eigenvalue weighted by molar-refractivity contribution is -0.351. The molecule has 3 aromatic rings. The largest absolute Gasteiger partial charge is 0.457 e. The van der Waals surface area contributed by atoms with Gasteiger partial charge in [-0.3, -0.25) is 19.2 Å². The molecule has 62 heavy (non-hydrogen) atoms. The summed E-state index contributed by atoms with van der Waals surface area (Å²) in [5.41, 5.74) is -3.38. The molecule has 7 rings (SSSR count). The smallest absolute Gasteiger partial charge is 0.311 e. The number of ketones is 1. The Bertz CT molecular complexity index is 2160. The highest BCUT2D eigenvalue weighted by Gasteiger charge is 2.77. The molecular formula is C50H61NO11. The number of carbonyl (C=O) groups is 4. The van der Waals surface area contributed by atoms with Crippen LogP contribution in [0, 0.1) is 28.6 Å². The first-order chi connectivity index (χ1) is 29.4. The van der Waals surface area contributed by atoms with E-state index in [1.807, 2.05) is 105 Å². The van der Waals surface area contributed by atoms with Crippen LogP contribution < -0.4 is 5.32 Å². The quantitative estimate of drug-likeness (QED) is 0.0991. The van der Waals surface area contributed by atoms with Gasteiger partial charge in [-0.2, -0.15) is 0 Å². The third-order valence-corrected chi connectivity index (χ3v) is 14.3. The second-order valence-corrected chi connectivity index (χ2v) is 18.7. The van der Waals surface area contributed by atoms with Gasteiger partial charge in [-0.25, -0.2) is 0 Å². The zero-order chi connectivity index (χ0) is 44.8. The van der Waals surface area contributed by atoms with E-state index in [0.717, 1.165) is 16.7 Å². The fourth-order valence-corrected chi connectivity index (χ4v) is 11.0. The van der Waals surface area contributed by atoms with E-state index < -0.39 is 94.1 Å². The molecule has 4 aliphatic rings. The van der Waals surface area contributed by atoms with Crippen molar-refractivity contribution in [2.75, 3.05) is 6.61 Å². The monoisotopic (exact) mass is 851 g/mol. The first-order valence-electron chi connectivity index (χ1n) is 21.7. The van der Waals surface area contributed by atoms with Gasteiger partial charge in [-0.15, -0.1) is 0 Å². The molecule has 0 spiro atoms. The Labute approximate surface area is 364 Å². The number of carbonyl (C=O) groups excluding carboxylic acids is 4. The van der Waals surface area contributed by atoms with Gasteiger partial charge in [0.2, 0.25) is 0 Å². The molecule has 1 heterocycles. The summed E-state index contributed by atoms with van der Waals surface area (Å²) in [7, 11) is 0. The Kier molecular flexibility index (Phi) is 12.8. The average Bonchev–Trinajstić information content (AvgIpc) is 3.22. The second-order valence-electron chi connectivity index (χ2n) is 18.7. The molecule has 3 aliphatic carbocycles. The third-order valence-electron chi connectivity index (χ3n) is 14.3. The van der Waals surface area contributed by atoms with Crippen molar-refractivity contribution in [1.82, 2.24) is 5.32 Å². The Morgan fingerprint density at radius 3 is 2.02 bits per heavy atom. The summed E-state index contributed by atoms with van der Waals surface area (Å²) in [5.74, 6) is -4.77. The second kappa shape index (κ2) is 17.4. The number of esters is 3. The van der Waals surface area contributed by atoms with E-state index in [1.54, 1.807) is 27.7 Å². The zero-order valence-electron chi connectivity index (χ0n) is 37.0. The highest BCUT2D eigenvalue weighted by molar-refractivity contribution is 5.95. The molecule has 1 saturated heterocycles. The van der Waals surface area contributed by atoms with E-state index in [4.69, 9.17) is 23.7 Å². The molecule has 0 aromatic heterocycles. The van der Waals surface area contributed by atoms with Crippen LogP contribution in [0.25, 0.3) is 0 Å². The summed E-state index contributed by atoms with van der Waals surface area (Å²) in [4.78, 5) is 56.8. The van der Waals surface area contributed by atoms with Crippen molar-refractivity contribution in [2.24, 2.45) is 28.6 Å². The van der Waals surface area contributed by atoms with Gasteiger partial charge in [0, 0.05) is 50.6 Å². The van der Waals surface area contributed by atoms with Crippen molar-refractivity contribution < 1.29 is 53.1 Å². The molecule has 2 saturated carbocycles. The standard InChI is InChI=1S/C50H61NO11/c1-29(2)39(41(35-22-16-11-17-23-35)51-26-33-18-12-9-13-19-33)46(56)61-36-25-50(57)45(58-27-34-20-14-10-15-21-34)43-48(8,37(54)24-38-49(43,28-59-38)62-32(5)53)44(55)42(60-31(4)52)40(30(36)3)47(50,6)7/h9-23,29,36-39,41-43,45,51,54,57H,24-28H2,1-8H3/t36-,37-,38+,39+,41+,42+,43-,45-,48+,49-,50+/m0/s1. The number of nitrogens with one attached hydrogen (secondary N) is 1. The highest BCUT2D eigenvalue weighted by Crippen LogP contribution is 2.64. The minimum Gasteiger partial charge on any atom is -0.457 e. The molecule has 3 fully saturated rings. The summed E-state index contributed by atoms with van der Waals surface area (Å²) in [5, 5.41) is 29.7. The molecule has 332 valence electrons. The van der Waals surface area contributed by atoms with E-state index in [-0.39, 0.29) is 37.5 Å². The van der Waals surface area contributed by atoms with Gasteiger partial charge in [-0.1, -0.05) is 119 Å². The lowest BCUT2D eigenvalue weighted by Crippen LogP contribution is -2.81. The maximum absolute atomic E-state index is 15.6. The Hall–Kier alpha value is -4.72. The van der Waals surface area contributed by atoms with Crippen LogP contribution in [-0.4, -0.2) is 82.2 Å². The number of rotatable bonds is 13. The summed E-state index contributed by atoms with van der Waals surface area (Å²) in [6, 6.07) is 28.4. The van der Waals surface area contributed by atoms with Crippen molar-refractivity contribution >= 4 is 23.7 Å². The Morgan fingerprint density at radius 1 is 0.871 bits per heavy atom. The summed E-state index contributed by atoms with van der Waals surface area (Å²) in [6.45, 7) is 13.5. The van der Waals surface area contributed by atoms with Crippen LogP contribution in [0.3, 0.4) is 0 Å². The molecule has 2 bridgehead atoms. The van der Waals surface area contributed by atoms with Crippen LogP contribution in [0.2, 0.25) is 0 Å². The molecule has 12 heteroatoms. The zero-order valence-corrected chi connectivity index (χ0v) is 37.0. The van der Waals surface area contributed by atoms with Gasteiger partial charge in [-0.05, 0) is 47.6 Å². The number of fused-ring (bicyclic) bond motifs is 5. The number of aliphatic hydroxyl groups is 2. The first kappa shape index (κ1) is 45.3. The molecule has 11 atom stereocenters. The van der Waals surface area contributed by atoms with Crippen molar-refractivity contribution in [3.05, 3.63) is 119 Å². The van der Waals surface area contributed by atoms with Gasteiger partial charge in [0.1, 0.15) is 17.8 Å². The van der Waals surface area contributed by atoms with E-state index in [0.29, 0.717) is 12.1 Å². The number of hydrogen-bond donors (Lipinski definition) is 3. The maximum Gasteiger partial charge on any atom is 0.311 e. The van der Waals surface area contributed by atoms with Crippen molar-refractivity contribution in [1.29, 1.82) is 0 Å². The fraction of sp³-hybridized carbons (Fsp3) is 0.520. The lowest BCUT2D eigenvalue weighted by atomic mass is 9.44. The van der Waals surface area contributed by atoms with E-state index in [9.17, 15) is 19.8 Å². The van der Waals surface area contributed by atoms with Crippen molar-refractivity contribution in [2.45, 2.75) is 129 Å². The average molecular weight is 852 g/mol. The van der Waals surface area contributed by atoms with Crippen LogP contribution in [0.15, 0.2) is 102 Å². The van der Waals surface area contributed by atoms with E-state index in [1.165, 1.54) is 13.8 Å². The molecule has 0 amide bonds. The molecule has 12 nitrogen and oxygen atoms in total. The van der Waals surface area contributed by atoms with Crippen LogP contribution in [0.4, 0.5) is 0 Å². The van der Waals surface area contributed by atoms with Gasteiger partial charge < -0.3 is 39.2 Å².